The van der Waals surface area contributed by atoms with Crippen molar-refractivity contribution in [3.63, 3.8) is 0 Å². The molecule has 0 spiro atoms. The molecule has 0 saturated carbocycles. The second-order valence-corrected chi connectivity index (χ2v) is 21.1. The summed E-state index contributed by atoms with van der Waals surface area (Å²) in [4.78, 5) is 0. The smallest absolute Gasteiger partial charge is 0.0544 e. The second kappa shape index (κ2) is 13.0. The van der Waals surface area contributed by atoms with Gasteiger partial charge in [-0.15, -0.1) is 11.3 Å². The number of fused-ring (bicyclic) bond motifs is 16. The van der Waals surface area contributed by atoms with Gasteiger partial charge in [0.1, 0.15) is 0 Å². The average molecular weight is 873 g/mol. The Morgan fingerprint density at radius 1 is 0.313 bits per heavy atom. The van der Waals surface area contributed by atoms with Crippen LogP contribution in [0.2, 0.25) is 0 Å². The molecule has 2 aliphatic rings. The molecule has 3 heteroatoms. The Balaban J connectivity index is 0.963. The lowest BCUT2D eigenvalue weighted by Gasteiger charge is -2.22. The molecule has 0 aliphatic heterocycles. The van der Waals surface area contributed by atoms with Crippen LogP contribution in [-0.4, -0.2) is 9.13 Å². The number of hydrogen-bond acceptors (Lipinski definition) is 1. The van der Waals surface area contributed by atoms with Crippen LogP contribution < -0.4 is 0 Å². The first-order chi connectivity index (χ1) is 32.7. The number of hydrogen-bond donors (Lipinski definition) is 0. The normalized spacial score (nSPS) is 14.5. The fourth-order valence-electron chi connectivity index (χ4n) is 12.7. The highest BCUT2D eigenvalue weighted by Gasteiger charge is 2.38. The van der Waals surface area contributed by atoms with Crippen molar-refractivity contribution in [2.75, 3.05) is 0 Å². The minimum atomic E-state index is -0.113. The van der Waals surface area contributed by atoms with Gasteiger partial charge in [0, 0.05) is 63.6 Å². The SMILES string of the molecule is CC1(C)c2ccccc2-c2cc3c4cc(-c5cccc6c(-n7c8ccccc8c8cc9c(cc87)C(C)(C)c7ccccc7-9)cccc56)ccc4n(-c4ccc5sc6ccccc6c5c4)c3cc21. The minimum Gasteiger partial charge on any atom is -0.309 e. The lowest BCUT2D eigenvalue weighted by atomic mass is 9.82. The van der Waals surface area contributed by atoms with E-state index in [0.717, 1.165) is 0 Å². The molecular formula is C64H44N2S. The van der Waals surface area contributed by atoms with Crippen LogP contribution in [0.15, 0.2) is 194 Å². The molecule has 316 valence electrons. The number of para-hydroxylation sites is 1. The highest BCUT2D eigenvalue weighted by atomic mass is 32.1. The van der Waals surface area contributed by atoms with E-state index < -0.39 is 0 Å². The van der Waals surface area contributed by atoms with Crippen molar-refractivity contribution < 1.29 is 0 Å². The first kappa shape index (κ1) is 37.5. The van der Waals surface area contributed by atoms with Crippen LogP contribution in [0.5, 0.6) is 0 Å². The Hall–Kier alpha value is -7.72. The van der Waals surface area contributed by atoms with Crippen molar-refractivity contribution in [1.82, 2.24) is 9.13 Å². The van der Waals surface area contributed by atoms with Crippen LogP contribution in [0, 0.1) is 0 Å². The lowest BCUT2D eigenvalue weighted by molar-refractivity contribution is 0.661. The molecule has 0 N–H and O–H groups in total. The predicted octanol–water partition coefficient (Wildman–Crippen LogP) is 17.7. The number of rotatable bonds is 3. The lowest BCUT2D eigenvalue weighted by Crippen LogP contribution is -2.15. The third kappa shape index (κ3) is 4.89. The summed E-state index contributed by atoms with van der Waals surface area (Å²) in [5.74, 6) is 0. The van der Waals surface area contributed by atoms with Gasteiger partial charge < -0.3 is 9.13 Å². The molecule has 0 saturated heterocycles. The van der Waals surface area contributed by atoms with Gasteiger partial charge >= 0.3 is 0 Å². The zero-order valence-corrected chi connectivity index (χ0v) is 38.6. The second-order valence-electron chi connectivity index (χ2n) is 20.0. The molecule has 0 bridgehead atoms. The molecular weight excluding hydrogens is 829 g/mol. The van der Waals surface area contributed by atoms with Crippen LogP contribution in [0.1, 0.15) is 49.9 Å². The Kier molecular flexibility index (Phi) is 7.28. The Labute approximate surface area is 392 Å². The minimum absolute atomic E-state index is 0.0974. The topological polar surface area (TPSA) is 9.86 Å². The molecule has 0 radical (unpaired) electrons. The van der Waals surface area contributed by atoms with Crippen LogP contribution in [0.3, 0.4) is 0 Å². The molecule has 2 nitrogen and oxygen atoms in total. The zero-order valence-electron chi connectivity index (χ0n) is 37.8. The third-order valence-electron chi connectivity index (χ3n) is 15.9. The number of nitrogens with zero attached hydrogens (tertiary/aromatic N) is 2. The maximum Gasteiger partial charge on any atom is 0.0544 e. The van der Waals surface area contributed by atoms with E-state index in [0.29, 0.717) is 0 Å². The van der Waals surface area contributed by atoms with E-state index in [-0.39, 0.29) is 10.8 Å². The van der Waals surface area contributed by atoms with E-state index >= 15 is 0 Å². The molecule has 0 atom stereocenters. The van der Waals surface area contributed by atoms with E-state index in [1.54, 1.807) is 0 Å². The van der Waals surface area contributed by atoms with Crippen molar-refractivity contribution in [1.29, 1.82) is 0 Å². The molecule has 3 aromatic heterocycles. The molecule has 0 fully saturated rings. The molecule has 13 aromatic rings. The summed E-state index contributed by atoms with van der Waals surface area (Å²) in [6.45, 7) is 9.54. The van der Waals surface area contributed by atoms with Crippen LogP contribution in [0.4, 0.5) is 0 Å². The van der Waals surface area contributed by atoms with Crippen molar-refractivity contribution in [2.45, 2.75) is 38.5 Å². The third-order valence-corrected chi connectivity index (χ3v) is 17.1. The Morgan fingerprint density at radius 2 is 0.866 bits per heavy atom. The number of aromatic nitrogens is 2. The summed E-state index contributed by atoms with van der Waals surface area (Å²) >= 11 is 1.88. The highest BCUT2D eigenvalue weighted by Crippen LogP contribution is 2.53. The van der Waals surface area contributed by atoms with Gasteiger partial charge in [-0.2, -0.15) is 0 Å². The van der Waals surface area contributed by atoms with Gasteiger partial charge in [0.2, 0.25) is 0 Å². The van der Waals surface area contributed by atoms with E-state index in [9.17, 15) is 0 Å². The maximum atomic E-state index is 2.53. The summed E-state index contributed by atoms with van der Waals surface area (Å²) < 4.78 is 7.70. The quantitative estimate of drug-likeness (QED) is 0.167. The summed E-state index contributed by atoms with van der Waals surface area (Å²) in [6.07, 6.45) is 0. The molecule has 0 amide bonds. The van der Waals surface area contributed by atoms with Crippen molar-refractivity contribution in [3.8, 4) is 44.8 Å². The molecule has 2 aliphatic carbocycles. The van der Waals surface area contributed by atoms with Gasteiger partial charge in [-0.25, -0.2) is 0 Å². The van der Waals surface area contributed by atoms with E-state index in [1.807, 2.05) is 11.3 Å². The fourth-order valence-corrected chi connectivity index (χ4v) is 13.8. The Morgan fingerprint density at radius 3 is 1.63 bits per heavy atom. The molecule has 0 unspecified atom stereocenters. The maximum absolute atomic E-state index is 2.53. The zero-order chi connectivity index (χ0) is 44.5. The summed E-state index contributed by atoms with van der Waals surface area (Å²) in [5.41, 5.74) is 20.5. The first-order valence-corrected chi connectivity index (χ1v) is 24.4. The van der Waals surface area contributed by atoms with Crippen molar-refractivity contribution >= 4 is 85.9 Å². The van der Waals surface area contributed by atoms with E-state index in [1.165, 1.54) is 142 Å². The highest BCUT2D eigenvalue weighted by molar-refractivity contribution is 7.25. The standard InChI is InChI=1S/C64H44N2S/c1-63(2)53-23-10-6-16-42(53)47-34-50-48-31-37(27-29-58(48)65(59(50)35-54(47)63)38-28-30-62-51(32-38)45-18-8-12-26-61(45)67-62)39-19-13-21-43-40(39)20-14-25-57(43)66-56-24-11-7-17-44(56)49-33-46-41-15-5-9-22-52(41)64(3,4)55(46)36-60(49)66/h5-36H,1-4H3. The van der Waals surface area contributed by atoms with Crippen LogP contribution in [-0.2, 0) is 10.8 Å². The number of benzene rings is 10. The van der Waals surface area contributed by atoms with Crippen LogP contribution in [0.25, 0.3) is 119 Å². The first-order valence-electron chi connectivity index (χ1n) is 23.6. The molecule has 3 heterocycles. The molecule has 67 heavy (non-hydrogen) atoms. The number of thiophene rings is 1. The van der Waals surface area contributed by atoms with Gasteiger partial charge in [0.15, 0.2) is 0 Å². The van der Waals surface area contributed by atoms with Gasteiger partial charge in [-0.3, -0.25) is 0 Å². The van der Waals surface area contributed by atoms with Crippen LogP contribution >= 0.6 is 11.3 Å². The Bertz CT molecular complexity index is 4340. The van der Waals surface area contributed by atoms with Crippen molar-refractivity contribution in [2.24, 2.45) is 0 Å². The van der Waals surface area contributed by atoms with Gasteiger partial charge in [-0.1, -0.05) is 149 Å². The summed E-state index contributed by atoms with van der Waals surface area (Å²) in [7, 11) is 0. The molecule has 15 rings (SSSR count). The van der Waals surface area contributed by atoms with Gasteiger partial charge in [0.25, 0.3) is 0 Å². The summed E-state index contributed by atoms with van der Waals surface area (Å²) in [5, 5.41) is 10.2. The van der Waals surface area contributed by atoms with Gasteiger partial charge in [-0.05, 0) is 134 Å². The fraction of sp³-hybridized carbons (Fsp3) is 0.0938. The predicted molar refractivity (Wildman–Crippen MR) is 286 cm³/mol. The van der Waals surface area contributed by atoms with E-state index in [2.05, 4.69) is 231 Å². The molecule has 10 aromatic carbocycles. The van der Waals surface area contributed by atoms with Crippen molar-refractivity contribution in [3.05, 3.63) is 216 Å². The summed E-state index contributed by atoms with van der Waals surface area (Å²) in [6, 6.07) is 73.8. The van der Waals surface area contributed by atoms with Gasteiger partial charge in [0.05, 0.1) is 27.8 Å². The largest absolute Gasteiger partial charge is 0.309 e. The average Bonchev–Trinajstić information content (AvgIpc) is 4.11. The van der Waals surface area contributed by atoms with E-state index in [4.69, 9.17) is 0 Å². The monoisotopic (exact) mass is 872 g/mol.